The van der Waals surface area contributed by atoms with Gasteiger partial charge in [0.15, 0.2) is 11.5 Å². The number of H-pyrrole nitrogens is 1. The van der Waals surface area contributed by atoms with Gasteiger partial charge in [0.25, 0.3) is 5.91 Å². The molecule has 1 N–H and O–H groups in total. The van der Waals surface area contributed by atoms with E-state index in [-0.39, 0.29) is 12.7 Å². The van der Waals surface area contributed by atoms with Crippen molar-refractivity contribution in [3.63, 3.8) is 0 Å². The molecular formula is C23H21N5O3S. The van der Waals surface area contributed by atoms with Gasteiger partial charge in [0.2, 0.25) is 12.7 Å². The number of para-hydroxylation sites is 2. The molecule has 0 radical (unpaired) electrons. The number of nitrogens with one attached hydrogen (secondary N) is 1. The van der Waals surface area contributed by atoms with E-state index < -0.39 is 0 Å². The zero-order chi connectivity index (χ0) is 21.5. The molecule has 0 saturated carbocycles. The van der Waals surface area contributed by atoms with Crippen LogP contribution in [0.25, 0.3) is 21.6 Å². The Balaban J connectivity index is 1.16. The first-order valence-electron chi connectivity index (χ1n) is 10.6. The van der Waals surface area contributed by atoms with Crippen molar-refractivity contribution in [2.45, 2.75) is 6.42 Å². The van der Waals surface area contributed by atoms with Gasteiger partial charge in [-0.15, -0.1) is 11.3 Å². The van der Waals surface area contributed by atoms with Gasteiger partial charge in [-0.1, -0.05) is 12.1 Å². The maximum absolute atomic E-state index is 13.2. The topological polar surface area (TPSA) is 83.6 Å². The minimum atomic E-state index is -0.0281. The number of hydrogen-bond acceptors (Lipinski definition) is 7. The van der Waals surface area contributed by atoms with Crippen molar-refractivity contribution in [2.24, 2.45) is 0 Å². The molecule has 0 unspecified atom stereocenters. The highest BCUT2D eigenvalue weighted by molar-refractivity contribution is 7.13. The second-order valence-corrected chi connectivity index (χ2v) is 8.67. The number of thiazole rings is 1. The third kappa shape index (κ3) is 3.44. The Morgan fingerprint density at radius 2 is 1.91 bits per heavy atom. The summed E-state index contributed by atoms with van der Waals surface area (Å²) in [6.45, 7) is 3.15. The standard InChI is InChI=1S/C23H21N5O3S/c29-22(18-13-32-21(24-18)15-6-7-19-20(12-15)31-14-30-19)27-8-3-9-28(11-10-27)23-25-16-4-1-2-5-17(16)26-23/h1-2,4-7,12-13H,3,8-11,14H2,(H,25,26). The van der Waals surface area contributed by atoms with E-state index in [9.17, 15) is 4.79 Å². The minimum absolute atomic E-state index is 0.0281. The molecule has 0 atom stereocenters. The minimum Gasteiger partial charge on any atom is -0.454 e. The first-order chi connectivity index (χ1) is 15.7. The molecule has 9 heteroatoms. The van der Waals surface area contributed by atoms with E-state index >= 15 is 0 Å². The Morgan fingerprint density at radius 3 is 2.84 bits per heavy atom. The summed E-state index contributed by atoms with van der Waals surface area (Å²) in [5, 5.41) is 2.63. The van der Waals surface area contributed by atoms with Gasteiger partial charge >= 0.3 is 0 Å². The van der Waals surface area contributed by atoms with Crippen molar-refractivity contribution in [1.29, 1.82) is 0 Å². The van der Waals surface area contributed by atoms with Crippen LogP contribution in [0.3, 0.4) is 0 Å². The maximum atomic E-state index is 13.2. The van der Waals surface area contributed by atoms with E-state index in [4.69, 9.17) is 14.5 Å². The number of benzene rings is 2. The van der Waals surface area contributed by atoms with E-state index in [2.05, 4.69) is 14.9 Å². The number of nitrogens with zero attached hydrogens (tertiary/aromatic N) is 4. The summed E-state index contributed by atoms with van der Waals surface area (Å²) in [5.74, 6) is 2.28. The lowest BCUT2D eigenvalue weighted by molar-refractivity contribution is 0.0762. The number of amides is 1. The molecule has 0 spiro atoms. The normalized spacial score (nSPS) is 15.9. The largest absolute Gasteiger partial charge is 0.454 e. The molecule has 1 amide bonds. The smallest absolute Gasteiger partial charge is 0.273 e. The molecule has 4 aromatic rings. The van der Waals surface area contributed by atoms with Gasteiger partial charge in [0, 0.05) is 37.1 Å². The molecule has 2 aromatic carbocycles. The highest BCUT2D eigenvalue weighted by Gasteiger charge is 2.24. The molecule has 1 saturated heterocycles. The summed E-state index contributed by atoms with van der Waals surface area (Å²) in [6, 6.07) is 13.7. The predicted octanol–water partition coefficient (Wildman–Crippen LogP) is 3.77. The number of imidazole rings is 1. The summed E-state index contributed by atoms with van der Waals surface area (Å²) in [6.07, 6.45) is 0.877. The monoisotopic (exact) mass is 447 g/mol. The molecule has 2 aromatic heterocycles. The van der Waals surface area contributed by atoms with E-state index in [1.165, 1.54) is 11.3 Å². The van der Waals surface area contributed by atoms with Crippen LogP contribution in [-0.2, 0) is 0 Å². The summed E-state index contributed by atoms with van der Waals surface area (Å²) in [4.78, 5) is 30.0. The molecule has 1 fully saturated rings. The van der Waals surface area contributed by atoms with Gasteiger partial charge in [0.05, 0.1) is 11.0 Å². The van der Waals surface area contributed by atoms with E-state index in [0.717, 1.165) is 52.8 Å². The van der Waals surface area contributed by atoms with Crippen LogP contribution in [0.4, 0.5) is 5.95 Å². The molecular weight excluding hydrogens is 426 g/mol. The Labute approximate surface area is 188 Å². The summed E-state index contributed by atoms with van der Waals surface area (Å²) in [7, 11) is 0. The average molecular weight is 448 g/mol. The van der Waals surface area contributed by atoms with Crippen LogP contribution in [0.1, 0.15) is 16.9 Å². The van der Waals surface area contributed by atoms with Crippen LogP contribution >= 0.6 is 11.3 Å². The number of carbonyl (C=O) groups excluding carboxylic acids is 1. The van der Waals surface area contributed by atoms with Crippen LogP contribution in [0.5, 0.6) is 11.5 Å². The molecule has 2 aliphatic heterocycles. The van der Waals surface area contributed by atoms with Crippen molar-refractivity contribution in [3.05, 3.63) is 53.5 Å². The molecule has 0 bridgehead atoms. The Morgan fingerprint density at radius 1 is 1.00 bits per heavy atom. The zero-order valence-electron chi connectivity index (χ0n) is 17.3. The summed E-state index contributed by atoms with van der Waals surface area (Å²) >= 11 is 1.47. The van der Waals surface area contributed by atoms with Gasteiger partial charge in [-0.2, -0.15) is 0 Å². The fourth-order valence-electron chi connectivity index (χ4n) is 4.12. The van der Waals surface area contributed by atoms with Crippen LogP contribution in [0, 0.1) is 0 Å². The van der Waals surface area contributed by atoms with Crippen molar-refractivity contribution >= 4 is 34.2 Å². The Kier molecular flexibility index (Phi) is 4.68. The maximum Gasteiger partial charge on any atom is 0.273 e. The van der Waals surface area contributed by atoms with Crippen LogP contribution in [0.2, 0.25) is 0 Å². The number of rotatable bonds is 3. The van der Waals surface area contributed by atoms with E-state index in [1.807, 2.05) is 52.7 Å². The van der Waals surface area contributed by atoms with Crippen LogP contribution < -0.4 is 14.4 Å². The van der Waals surface area contributed by atoms with Crippen LogP contribution in [0.15, 0.2) is 47.8 Å². The van der Waals surface area contributed by atoms with Crippen molar-refractivity contribution in [3.8, 4) is 22.1 Å². The third-order valence-corrected chi connectivity index (χ3v) is 6.69. The third-order valence-electron chi connectivity index (χ3n) is 5.80. The van der Waals surface area contributed by atoms with Crippen molar-refractivity contribution in [1.82, 2.24) is 19.9 Å². The first-order valence-corrected chi connectivity index (χ1v) is 11.5. The molecule has 2 aliphatic rings. The second kappa shape index (κ2) is 7.83. The van der Waals surface area contributed by atoms with Crippen molar-refractivity contribution in [2.75, 3.05) is 37.9 Å². The van der Waals surface area contributed by atoms with E-state index in [1.54, 1.807) is 0 Å². The summed E-state index contributed by atoms with van der Waals surface area (Å²) in [5.41, 5.74) is 3.39. The summed E-state index contributed by atoms with van der Waals surface area (Å²) < 4.78 is 10.8. The molecule has 32 heavy (non-hydrogen) atoms. The quantitative estimate of drug-likeness (QED) is 0.515. The lowest BCUT2D eigenvalue weighted by Crippen LogP contribution is -2.35. The van der Waals surface area contributed by atoms with Crippen molar-refractivity contribution < 1.29 is 14.3 Å². The number of carbonyl (C=O) groups is 1. The number of aromatic nitrogens is 3. The number of aromatic amines is 1. The van der Waals surface area contributed by atoms with E-state index in [0.29, 0.717) is 24.5 Å². The zero-order valence-corrected chi connectivity index (χ0v) is 18.1. The molecule has 4 heterocycles. The molecule has 6 rings (SSSR count). The van der Waals surface area contributed by atoms with Gasteiger partial charge in [-0.3, -0.25) is 4.79 Å². The number of ether oxygens (including phenoxy) is 2. The highest BCUT2D eigenvalue weighted by Crippen LogP contribution is 2.36. The molecule has 162 valence electrons. The average Bonchev–Trinajstić information content (AvgIpc) is 3.54. The lowest BCUT2D eigenvalue weighted by Gasteiger charge is -2.21. The SMILES string of the molecule is O=C(c1csc(-c2ccc3c(c2)OCO3)n1)N1CCCN(c2nc3ccccc3[nH]2)CC1. The Hall–Kier alpha value is -3.59. The molecule has 0 aliphatic carbocycles. The fraction of sp³-hybridized carbons (Fsp3) is 0.261. The first kappa shape index (κ1) is 19.1. The highest BCUT2D eigenvalue weighted by atomic mass is 32.1. The second-order valence-electron chi connectivity index (χ2n) is 7.82. The van der Waals surface area contributed by atoms with Gasteiger partial charge in [0.1, 0.15) is 10.7 Å². The number of fused-ring (bicyclic) bond motifs is 2. The number of hydrogen-bond donors (Lipinski definition) is 1. The lowest BCUT2D eigenvalue weighted by atomic mass is 10.2. The van der Waals surface area contributed by atoms with Crippen LogP contribution in [-0.4, -0.2) is 58.7 Å². The van der Waals surface area contributed by atoms with Gasteiger partial charge in [-0.25, -0.2) is 9.97 Å². The molecule has 8 nitrogen and oxygen atoms in total. The predicted molar refractivity (Wildman–Crippen MR) is 123 cm³/mol. The Bertz CT molecular complexity index is 1270. The van der Waals surface area contributed by atoms with Gasteiger partial charge < -0.3 is 24.3 Å². The number of anilines is 1. The fourth-order valence-corrected chi connectivity index (χ4v) is 4.91. The van der Waals surface area contributed by atoms with Gasteiger partial charge in [-0.05, 0) is 36.8 Å².